The lowest BCUT2D eigenvalue weighted by Gasteiger charge is -2.22. The number of hydrogen-bond donors (Lipinski definition) is 0. The summed E-state index contributed by atoms with van der Waals surface area (Å²) in [6.45, 7) is 4.73. The number of fused-ring (bicyclic) bond motifs is 11. The monoisotopic (exact) mass is 653 g/mol. The van der Waals surface area contributed by atoms with Crippen LogP contribution in [0, 0.1) is 0 Å². The fourth-order valence-electron chi connectivity index (χ4n) is 8.59. The molecule has 3 heterocycles. The molecular formula is C47H31N3O. The summed E-state index contributed by atoms with van der Waals surface area (Å²) >= 11 is 0. The van der Waals surface area contributed by atoms with Crippen molar-refractivity contribution in [3.05, 3.63) is 163 Å². The highest BCUT2D eigenvalue weighted by Crippen LogP contribution is 2.53. The van der Waals surface area contributed by atoms with Gasteiger partial charge in [0, 0.05) is 38.4 Å². The van der Waals surface area contributed by atoms with E-state index in [2.05, 4.69) is 122 Å². The number of aromatic nitrogens is 3. The van der Waals surface area contributed by atoms with E-state index in [0.717, 1.165) is 38.9 Å². The van der Waals surface area contributed by atoms with Crippen LogP contribution in [0.15, 0.2) is 156 Å². The van der Waals surface area contributed by atoms with Crippen molar-refractivity contribution in [3.63, 3.8) is 0 Å². The zero-order chi connectivity index (χ0) is 33.8. The van der Waals surface area contributed by atoms with Crippen molar-refractivity contribution >= 4 is 54.6 Å². The van der Waals surface area contributed by atoms with Crippen LogP contribution in [0.3, 0.4) is 0 Å². The Morgan fingerprint density at radius 3 is 2.18 bits per heavy atom. The maximum atomic E-state index is 6.35. The standard InChI is InChI=1S/C47H31N3O/c1-47(2)37-24-23-28-13-6-7-18-32(28)42(37)36-26-35-33-19-8-10-21-39(33)50(40(35)27-38(36)47)31-17-12-16-30(25-31)44-43-34-20-9-11-22-41(34)51-46(43)49-45(48-44)29-14-4-3-5-15-29/h3-27H,1-2H3. The summed E-state index contributed by atoms with van der Waals surface area (Å²) in [5.74, 6) is 0.643. The lowest BCUT2D eigenvalue weighted by molar-refractivity contribution is 0.653. The van der Waals surface area contributed by atoms with Crippen LogP contribution < -0.4 is 0 Å². The Labute approximate surface area is 294 Å². The molecule has 4 nitrogen and oxygen atoms in total. The second-order valence-corrected chi connectivity index (χ2v) is 14.2. The van der Waals surface area contributed by atoms with Crippen LogP contribution in [0.2, 0.25) is 0 Å². The first-order valence-corrected chi connectivity index (χ1v) is 17.5. The summed E-state index contributed by atoms with van der Waals surface area (Å²) in [4.78, 5) is 10.2. The predicted molar refractivity (Wildman–Crippen MR) is 210 cm³/mol. The summed E-state index contributed by atoms with van der Waals surface area (Å²) in [6, 6.07) is 54.1. The quantitative estimate of drug-likeness (QED) is 0.191. The topological polar surface area (TPSA) is 43.9 Å². The van der Waals surface area contributed by atoms with Crippen LogP contribution in [0.1, 0.15) is 25.0 Å². The molecule has 10 aromatic rings. The molecule has 0 bridgehead atoms. The van der Waals surface area contributed by atoms with E-state index in [1.807, 2.05) is 48.5 Å². The van der Waals surface area contributed by atoms with E-state index in [1.165, 1.54) is 54.8 Å². The van der Waals surface area contributed by atoms with Gasteiger partial charge in [0.2, 0.25) is 5.71 Å². The summed E-state index contributed by atoms with van der Waals surface area (Å²) in [7, 11) is 0. The second-order valence-electron chi connectivity index (χ2n) is 14.2. The fraction of sp³-hybridized carbons (Fsp3) is 0.0638. The maximum absolute atomic E-state index is 6.35. The Balaban J connectivity index is 1.18. The Bertz CT molecular complexity index is 3060. The average Bonchev–Trinajstić information content (AvgIpc) is 3.79. The Morgan fingerprint density at radius 1 is 0.549 bits per heavy atom. The average molecular weight is 654 g/mol. The highest BCUT2D eigenvalue weighted by atomic mass is 16.3. The smallest absolute Gasteiger partial charge is 0.231 e. The van der Waals surface area contributed by atoms with E-state index >= 15 is 0 Å². The molecule has 0 unspecified atom stereocenters. The van der Waals surface area contributed by atoms with Gasteiger partial charge in [-0.3, -0.25) is 0 Å². The highest BCUT2D eigenvalue weighted by Gasteiger charge is 2.37. The Hall–Kier alpha value is -6.52. The minimum atomic E-state index is -0.144. The third-order valence-corrected chi connectivity index (χ3v) is 11.0. The van der Waals surface area contributed by atoms with Gasteiger partial charge in [-0.25, -0.2) is 4.98 Å². The number of furan rings is 1. The van der Waals surface area contributed by atoms with Crippen LogP contribution in [0.5, 0.6) is 0 Å². The van der Waals surface area contributed by atoms with E-state index in [0.29, 0.717) is 11.5 Å². The van der Waals surface area contributed by atoms with Crippen molar-refractivity contribution in [2.75, 3.05) is 0 Å². The Morgan fingerprint density at radius 2 is 1.29 bits per heavy atom. The molecule has 1 aliphatic carbocycles. The zero-order valence-corrected chi connectivity index (χ0v) is 28.2. The van der Waals surface area contributed by atoms with E-state index < -0.39 is 0 Å². The zero-order valence-electron chi connectivity index (χ0n) is 28.2. The van der Waals surface area contributed by atoms with Crippen LogP contribution in [0.25, 0.3) is 94.1 Å². The SMILES string of the molecule is CC1(C)c2cc3c(cc2-c2c1ccc1ccccc21)c1ccccc1n3-c1cccc(-c2nc(-c3ccccc3)nc3oc4ccccc4c23)c1. The van der Waals surface area contributed by atoms with Crippen LogP contribution >= 0.6 is 0 Å². The highest BCUT2D eigenvalue weighted by molar-refractivity contribution is 6.14. The van der Waals surface area contributed by atoms with Gasteiger partial charge >= 0.3 is 0 Å². The van der Waals surface area contributed by atoms with Gasteiger partial charge in [-0.1, -0.05) is 129 Å². The third-order valence-electron chi connectivity index (χ3n) is 11.0. The van der Waals surface area contributed by atoms with Crippen molar-refractivity contribution < 1.29 is 4.42 Å². The van der Waals surface area contributed by atoms with E-state index in [-0.39, 0.29) is 5.41 Å². The molecule has 1 aliphatic rings. The lowest BCUT2D eigenvalue weighted by atomic mass is 9.82. The van der Waals surface area contributed by atoms with Gasteiger partial charge in [0.1, 0.15) is 5.58 Å². The van der Waals surface area contributed by atoms with Crippen LogP contribution in [0.4, 0.5) is 0 Å². The summed E-state index contributed by atoms with van der Waals surface area (Å²) in [5, 5.41) is 7.02. The molecule has 7 aromatic carbocycles. The molecule has 0 saturated carbocycles. The molecule has 3 aromatic heterocycles. The van der Waals surface area contributed by atoms with Crippen molar-refractivity contribution in [2.45, 2.75) is 19.3 Å². The number of nitrogens with zero attached hydrogens (tertiary/aromatic N) is 3. The van der Waals surface area contributed by atoms with Gasteiger partial charge in [0.15, 0.2) is 5.82 Å². The van der Waals surface area contributed by atoms with Crippen molar-refractivity contribution in [3.8, 4) is 39.5 Å². The minimum absolute atomic E-state index is 0.144. The van der Waals surface area contributed by atoms with Crippen molar-refractivity contribution in [2.24, 2.45) is 0 Å². The number of rotatable bonds is 3. The normalized spacial score (nSPS) is 13.5. The number of para-hydroxylation sites is 2. The summed E-state index contributed by atoms with van der Waals surface area (Å²) in [6.07, 6.45) is 0. The fourth-order valence-corrected chi connectivity index (χ4v) is 8.59. The minimum Gasteiger partial charge on any atom is -0.438 e. The van der Waals surface area contributed by atoms with Gasteiger partial charge in [-0.2, -0.15) is 4.98 Å². The van der Waals surface area contributed by atoms with Gasteiger partial charge in [0.05, 0.1) is 22.1 Å². The molecule has 0 saturated heterocycles. The van der Waals surface area contributed by atoms with Crippen LogP contribution in [-0.2, 0) is 5.41 Å². The first-order valence-electron chi connectivity index (χ1n) is 17.5. The van der Waals surface area contributed by atoms with Gasteiger partial charge < -0.3 is 8.98 Å². The molecular weight excluding hydrogens is 623 g/mol. The first kappa shape index (κ1) is 28.3. The maximum Gasteiger partial charge on any atom is 0.231 e. The number of hydrogen-bond acceptors (Lipinski definition) is 3. The van der Waals surface area contributed by atoms with Crippen LogP contribution in [-0.4, -0.2) is 14.5 Å². The summed E-state index contributed by atoms with van der Waals surface area (Å²) < 4.78 is 8.78. The molecule has 0 atom stereocenters. The van der Waals surface area contributed by atoms with Crippen molar-refractivity contribution in [1.82, 2.24) is 14.5 Å². The molecule has 0 N–H and O–H groups in total. The van der Waals surface area contributed by atoms with E-state index in [9.17, 15) is 0 Å². The largest absolute Gasteiger partial charge is 0.438 e. The number of benzene rings is 7. The van der Waals surface area contributed by atoms with Gasteiger partial charge in [-0.15, -0.1) is 0 Å². The molecule has 0 fully saturated rings. The molecule has 51 heavy (non-hydrogen) atoms. The van der Waals surface area contributed by atoms with Crippen molar-refractivity contribution in [1.29, 1.82) is 0 Å². The van der Waals surface area contributed by atoms with Gasteiger partial charge in [0.25, 0.3) is 0 Å². The molecule has 0 radical (unpaired) electrons. The van der Waals surface area contributed by atoms with E-state index in [4.69, 9.17) is 14.4 Å². The Kier molecular flexibility index (Phi) is 5.70. The second kappa shape index (κ2) is 10.3. The van der Waals surface area contributed by atoms with E-state index in [1.54, 1.807) is 0 Å². The molecule has 240 valence electrons. The molecule has 0 amide bonds. The molecule has 0 aliphatic heterocycles. The molecule has 0 spiro atoms. The first-order chi connectivity index (χ1) is 25.0. The van der Waals surface area contributed by atoms with Gasteiger partial charge in [-0.05, 0) is 69.4 Å². The molecule has 11 rings (SSSR count). The predicted octanol–water partition coefficient (Wildman–Crippen LogP) is 12.3. The lowest BCUT2D eigenvalue weighted by Crippen LogP contribution is -2.15. The molecule has 4 heteroatoms. The summed E-state index contributed by atoms with van der Waals surface area (Å²) in [5.41, 5.74) is 13.0. The third kappa shape index (κ3) is 3.96.